The van der Waals surface area contributed by atoms with Gasteiger partial charge < -0.3 is 18.9 Å². The third kappa shape index (κ3) is 6.92. The molecule has 13 nitrogen and oxygen atoms in total. The number of para-hydroxylation sites is 2. The molecular weight excluding hydrogens is 578 g/mol. The summed E-state index contributed by atoms with van der Waals surface area (Å²) in [6.07, 6.45) is 0. The van der Waals surface area contributed by atoms with Gasteiger partial charge in [-0.25, -0.2) is 16.8 Å². The second-order valence-electron chi connectivity index (χ2n) is 8.54. The van der Waals surface area contributed by atoms with Crippen molar-refractivity contribution < 1.29 is 49.5 Å². The van der Waals surface area contributed by atoms with Gasteiger partial charge in [0.2, 0.25) is 5.78 Å². The Balaban J connectivity index is 1.40. The van der Waals surface area contributed by atoms with Crippen LogP contribution in [0.15, 0.2) is 58.3 Å². The van der Waals surface area contributed by atoms with Crippen LogP contribution in [0, 0.1) is 0 Å². The average Bonchev–Trinajstić information content (AvgIpc) is 2.99. The topological polar surface area (TPSA) is 135 Å². The number of carbonyl (C=O) groups is 1. The van der Waals surface area contributed by atoms with E-state index in [0.29, 0.717) is 0 Å². The summed E-state index contributed by atoms with van der Waals surface area (Å²) < 4.78 is 101. The van der Waals surface area contributed by atoms with Crippen LogP contribution in [0.25, 0.3) is 0 Å². The van der Waals surface area contributed by atoms with Crippen LogP contribution < -0.4 is 9.47 Å². The maximum atomic E-state index is 14.8. The fourth-order valence-electron chi connectivity index (χ4n) is 3.81. The van der Waals surface area contributed by atoms with E-state index in [1.165, 1.54) is 36.4 Å². The van der Waals surface area contributed by atoms with E-state index in [1.54, 1.807) is 0 Å². The zero-order valence-electron chi connectivity index (χ0n) is 21.2. The van der Waals surface area contributed by atoms with Crippen molar-refractivity contribution in [2.24, 2.45) is 0 Å². The van der Waals surface area contributed by atoms with Gasteiger partial charge in [0.15, 0.2) is 13.2 Å². The SMILES string of the molecule is O=C(COc1ccccc1S(=O)(=O)N(F)N1CCOCC1)COc1ccccc1S(=O)(=O)N(F)N1CCOCC1. The number of hydrogen-bond acceptors (Lipinski definition) is 11. The number of Topliss-reactive ketones (excluding diaryl/α,β-unsaturated/α-hetero) is 1. The van der Waals surface area contributed by atoms with Crippen LogP contribution in [0.3, 0.4) is 0 Å². The number of halogens is 2. The van der Waals surface area contributed by atoms with Gasteiger partial charge in [-0.2, -0.15) is 10.0 Å². The molecule has 0 aliphatic carbocycles. The molecule has 0 bridgehead atoms. The van der Waals surface area contributed by atoms with E-state index in [0.717, 1.165) is 22.2 Å². The van der Waals surface area contributed by atoms with Gasteiger partial charge in [0.05, 0.1) is 26.4 Å². The Labute approximate surface area is 230 Å². The number of rotatable bonds is 12. The Morgan fingerprint density at radius 2 is 1.05 bits per heavy atom. The number of nitrogens with zero attached hydrogens (tertiary/aromatic N) is 4. The highest BCUT2D eigenvalue weighted by Crippen LogP contribution is 2.30. The summed E-state index contributed by atoms with van der Waals surface area (Å²) in [4.78, 5) is 11.5. The van der Waals surface area contributed by atoms with Crippen molar-refractivity contribution in [2.45, 2.75) is 9.79 Å². The van der Waals surface area contributed by atoms with Crippen LogP contribution in [-0.2, 0) is 34.3 Å². The molecule has 2 heterocycles. The maximum absolute atomic E-state index is 14.8. The van der Waals surface area contributed by atoms with Crippen LogP contribution in [0.4, 0.5) is 8.96 Å². The molecule has 0 amide bonds. The molecule has 220 valence electrons. The summed E-state index contributed by atoms with van der Waals surface area (Å²) in [6.45, 7) is -0.615. The van der Waals surface area contributed by atoms with Crippen LogP contribution >= 0.6 is 0 Å². The summed E-state index contributed by atoms with van der Waals surface area (Å²) in [6, 6.07) is 10.4. The second-order valence-corrected chi connectivity index (χ2v) is 11.9. The first kappa shape index (κ1) is 30.2. The molecule has 2 aliphatic rings. The van der Waals surface area contributed by atoms with Crippen LogP contribution in [0.2, 0.25) is 0 Å². The number of ether oxygens (including phenoxy) is 4. The molecule has 2 aromatic carbocycles. The summed E-state index contributed by atoms with van der Waals surface area (Å²) in [5.74, 6) is -1.24. The molecule has 4 rings (SSSR count). The van der Waals surface area contributed by atoms with Gasteiger partial charge in [-0.15, -0.1) is 8.96 Å². The molecule has 0 N–H and O–H groups in total. The Morgan fingerprint density at radius 1 is 0.700 bits per heavy atom. The highest BCUT2D eigenvalue weighted by molar-refractivity contribution is 7.89. The number of hydrazine groups is 2. The van der Waals surface area contributed by atoms with Gasteiger partial charge in [0.25, 0.3) is 20.0 Å². The lowest BCUT2D eigenvalue weighted by Gasteiger charge is -2.30. The number of morpholine rings is 2. The van der Waals surface area contributed by atoms with Gasteiger partial charge >= 0.3 is 0 Å². The molecule has 2 aliphatic heterocycles. The number of ketones is 1. The molecule has 17 heteroatoms. The number of carbonyl (C=O) groups excluding carboxylic acids is 1. The quantitative estimate of drug-likeness (QED) is 0.320. The van der Waals surface area contributed by atoms with Crippen molar-refractivity contribution in [3.63, 3.8) is 0 Å². The zero-order valence-corrected chi connectivity index (χ0v) is 22.9. The smallest absolute Gasteiger partial charge is 0.286 e. The lowest BCUT2D eigenvalue weighted by atomic mass is 10.3. The Bertz CT molecular complexity index is 1280. The molecule has 2 fully saturated rings. The average molecular weight is 607 g/mol. The first-order valence-electron chi connectivity index (χ1n) is 12.1. The van der Waals surface area contributed by atoms with Crippen LogP contribution in [-0.4, -0.2) is 108 Å². The fourth-order valence-corrected chi connectivity index (χ4v) is 6.33. The van der Waals surface area contributed by atoms with E-state index < -0.39 is 48.8 Å². The predicted octanol–water partition coefficient (Wildman–Crippen LogP) is 0.958. The van der Waals surface area contributed by atoms with Gasteiger partial charge in [0.1, 0.15) is 21.3 Å². The number of sulfonamides is 2. The molecule has 0 radical (unpaired) electrons. The van der Waals surface area contributed by atoms with Crippen molar-refractivity contribution in [3.05, 3.63) is 48.5 Å². The van der Waals surface area contributed by atoms with Crippen molar-refractivity contribution in [1.82, 2.24) is 19.3 Å². The minimum atomic E-state index is -4.66. The second kappa shape index (κ2) is 13.3. The summed E-state index contributed by atoms with van der Waals surface area (Å²) in [5.41, 5.74) is 0. The first-order chi connectivity index (χ1) is 19.1. The van der Waals surface area contributed by atoms with Crippen LogP contribution in [0.5, 0.6) is 11.5 Å². The van der Waals surface area contributed by atoms with E-state index in [4.69, 9.17) is 18.9 Å². The summed E-state index contributed by atoms with van der Waals surface area (Å²) in [5, 5.41) is 1.94. The predicted molar refractivity (Wildman–Crippen MR) is 134 cm³/mol. The van der Waals surface area contributed by atoms with E-state index in [9.17, 15) is 30.6 Å². The Kier molecular flexibility index (Phi) is 10.0. The van der Waals surface area contributed by atoms with Gasteiger partial charge in [-0.1, -0.05) is 24.3 Å². The Morgan fingerprint density at radius 3 is 1.43 bits per heavy atom. The third-order valence-corrected chi connectivity index (χ3v) is 8.89. The van der Waals surface area contributed by atoms with Crippen molar-refractivity contribution in [3.8, 4) is 11.5 Å². The lowest BCUT2D eigenvalue weighted by molar-refractivity contribution is -0.130. The van der Waals surface area contributed by atoms with Gasteiger partial charge in [-0.05, 0) is 24.3 Å². The molecular formula is C23H28F2N4O9S2. The highest BCUT2D eigenvalue weighted by atomic mass is 32.2. The van der Waals surface area contributed by atoms with Crippen LogP contribution in [0.1, 0.15) is 0 Å². The standard InChI is InChI=1S/C23H28F2N4O9S2/c24-28(26-9-13-35-14-10-26)39(31,32)22-7-3-1-5-20(22)37-17-19(30)18-38-21-6-2-4-8-23(21)40(33,34)29(25)27-11-15-36-16-12-27/h1-8H,9-18H2. The normalized spacial score (nSPS) is 17.7. The minimum absolute atomic E-state index is 0.0262. The van der Waals surface area contributed by atoms with E-state index in [2.05, 4.69) is 0 Å². The molecule has 0 atom stereocenters. The maximum Gasteiger partial charge on any atom is 0.286 e. The molecule has 0 saturated carbocycles. The molecule has 40 heavy (non-hydrogen) atoms. The number of hydrogen-bond donors (Lipinski definition) is 0. The monoisotopic (exact) mass is 606 g/mol. The van der Waals surface area contributed by atoms with E-state index in [-0.39, 0.29) is 73.4 Å². The fraction of sp³-hybridized carbons (Fsp3) is 0.435. The minimum Gasteiger partial charge on any atom is -0.484 e. The zero-order chi connectivity index (χ0) is 28.8. The highest BCUT2D eigenvalue weighted by Gasteiger charge is 2.35. The molecule has 0 aromatic heterocycles. The van der Waals surface area contributed by atoms with Crippen molar-refractivity contribution >= 4 is 25.8 Å². The number of benzene rings is 2. The summed E-state index contributed by atoms with van der Waals surface area (Å²) in [7, 11) is -9.32. The Hall–Kier alpha value is -2.77. The van der Waals surface area contributed by atoms with Crippen molar-refractivity contribution in [1.29, 1.82) is 0 Å². The largest absolute Gasteiger partial charge is 0.484 e. The van der Waals surface area contributed by atoms with E-state index in [1.807, 2.05) is 0 Å². The lowest BCUT2D eigenvalue weighted by Crippen LogP contribution is -2.47. The molecule has 0 unspecified atom stereocenters. The first-order valence-corrected chi connectivity index (χ1v) is 15.0. The third-order valence-electron chi connectivity index (χ3n) is 5.85. The molecule has 2 aromatic rings. The van der Waals surface area contributed by atoms with E-state index >= 15 is 0 Å². The summed E-state index contributed by atoms with van der Waals surface area (Å²) >= 11 is 0. The van der Waals surface area contributed by atoms with Gasteiger partial charge in [0, 0.05) is 35.5 Å². The molecule has 0 spiro atoms. The van der Waals surface area contributed by atoms with Gasteiger partial charge in [-0.3, -0.25) is 4.79 Å². The van der Waals surface area contributed by atoms with Crippen molar-refractivity contribution in [2.75, 3.05) is 65.8 Å². The molecule has 2 saturated heterocycles.